The lowest BCUT2D eigenvalue weighted by Crippen LogP contribution is -2.55. The van der Waals surface area contributed by atoms with Gasteiger partial charge in [0.1, 0.15) is 5.41 Å². The lowest BCUT2D eigenvalue weighted by atomic mass is 9.81. The molecule has 6 heteroatoms. The molecule has 1 spiro atoms. The molecule has 6 nitrogen and oxygen atoms in total. The highest BCUT2D eigenvalue weighted by Crippen LogP contribution is 2.49. The van der Waals surface area contributed by atoms with Gasteiger partial charge >= 0.3 is 0 Å². The van der Waals surface area contributed by atoms with Gasteiger partial charge in [-0.3, -0.25) is 14.4 Å². The van der Waals surface area contributed by atoms with Gasteiger partial charge in [-0.2, -0.15) is 0 Å². The molecule has 1 aromatic rings. The molecule has 3 fully saturated rings. The predicted octanol–water partition coefficient (Wildman–Crippen LogP) is 1.26. The molecule has 0 unspecified atom stereocenters. The van der Waals surface area contributed by atoms with Crippen LogP contribution in [0, 0.1) is 5.41 Å². The van der Waals surface area contributed by atoms with E-state index in [0.29, 0.717) is 25.9 Å². The van der Waals surface area contributed by atoms with E-state index in [1.165, 1.54) is 0 Å². The van der Waals surface area contributed by atoms with Gasteiger partial charge in [-0.1, -0.05) is 30.3 Å². The van der Waals surface area contributed by atoms with E-state index in [2.05, 4.69) is 0 Å². The third kappa shape index (κ3) is 2.42. The second-order valence-corrected chi connectivity index (χ2v) is 8.03. The minimum absolute atomic E-state index is 0.108. The summed E-state index contributed by atoms with van der Waals surface area (Å²) in [4.78, 5) is 40.8. The van der Waals surface area contributed by atoms with E-state index >= 15 is 0 Å². The molecule has 138 valence electrons. The molecule has 0 aromatic heterocycles. The maximum absolute atomic E-state index is 12.8. The summed E-state index contributed by atoms with van der Waals surface area (Å²) in [5.41, 5.74) is 5.35. The van der Waals surface area contributed by atoms with Crippen molar-refractivity contribution in [2.75, 3.05) is 20.1 Å². The highest BCUT2D eigenvalue weighted by molar-refractivity contribution is 6.07. The molecule has 1 saturated carbocycles. The minimum Gasteiger partial charge on any atom is -0.369 e. The topological polar surface area (TPSA) is 83.7 Å². The van der Waals surface area contributed by atoms with Crippen LogP contribution in [0.3, 0.4) is 0 Å². The van der Waals surface area contributed by atoms with Crippen molar-refractivity contribution in [1.82, 2.24) is 9.80 Å². The number of nitrogens with zero attached hydrogens (tertiary/aromatic N) is 2. The largest absolute Gasteiger partial charge is 0.369 e. The summed E-state index contributed by atoms with van der Waals surface area (Å²) in [7, 11) is 1.88. The number of carbonyl (C=O) groups is 3. The average molecular weight is 355 g/mol. The van der Waals surface area contributed by atoms with Crippen LogP contribution in [0.2, 0.25) is 0 Å². The Labute approximate surface area is 153 Å². The second-order valence-electron chi connectivity index (χ2n) is 8.03. The first-order valence-corrected chi connectivity index (χ1v) is 9.32. The molecular weight excluding hydrogens is 330 g/mol. The van der Waals surface area contributed by atoms with Crippen molar-refractivity contribution in [3.63, 3.8) is 0 Å². The Kier molecular flexibility index (Phi) is 3.82. The van der Waals surface area contributed by atoms with Crippen molar-refractivity contribution in [2.45, 2.75) is 43.6 Å². The van der Waals surface area contributed by atoms with Gasteiger partial charge < -0.3 is 15.5 Å². The molecule has 2 N–H and O–H groups in total. The Bertz CT molecular complexity index is 749. The van der Waals surface area contributed by atoms with Gasteiger partial charge in [0.15, 0.2) is 0 Å². The first-order valence-electron chi connectivity index (χ1n) is 9.32. The van der Waals surface area contributed by atoms with Crippen molar-refractivity contribution >= 4 is 17.7 Å². The average Bonchev–Trinajstić information content (AvgIpc) is 3.44. The van der Waals surface area contributed by atoms with Gasteiger partial charge in [-0.25, -0.2) is 0 Å². The monoisotopic (exact) mass is 355 g/mol. The Balaban J connectivity index is 1.48. The molecule has 1 aromatic carbocycles. The summed E-state index contributed by atoms with van der Waals surface area (Å²) in [5, 5.41) is 0. The summed E-state index contributed by atoms with van der Waals surface area (Å²) in [6.07, 6.45) is 3.42. The van der Waals surface area contributed by atoms with Gasteiger partial charge in [0.2, 0.25) is 17.7 Å². The van der Waals surface area contributed by atoms with E-state index in [0.717, 1.165) is 24.8 Å². The first kappa shape index (κ1) is 17.1. The summed E-state index contributed by atoms with van der Waals surface area (Å²) in [5.74, 6) is -0.567. The number of piperidine rings is 1. The molecule has 2 aliphatic heterocycles. The molecule has 2 saturated heterocycles. The lowest BCUT2D eigenvalue weighted by Gasteiger charge is -2.44. The zero-order valence-corrected chi connectivity index (χ0v) is 15.1. The van der Waals surface area contributed by atoms with Crippen LogP contribution in [0.25, 0.3) is 0 Å². The molecule has 2 heterocycles. The highest BCUT2D eigenvalue weighted by atomic mass is 16.2. The molecule has 3 aliphatic rings. The van der Waals surface area contributed by atoms with Crippen LogP contribution in [0.1, 0.15) is 43.6 Å². The van der Waals surface area contributed by atoms with Crippen molar-refractivity contribution in [2.24, 2.45) is 11.1 Å². The number of carbonyl (C=O) groups excluding carboxylic acids is 3. The van der Waals surface area contributed by atoms with Crippen LogP contribution in [0.4, 0.5) is 0 Å². The zero-order chi connectivity index (χ0) is 18.5. The van der Waals surface area contributed by atoms with Gasteiger partial charge in [-0.15, -0.1) is 0 Å². The third-order valence-electron chi connectivity index (χ3n) is 6.74. The fourth-order valence-electron chi connectivity index (χ4n) is 4.68. The minimum atomic E-state index is -0.950. The molecule has 4 rings (SSSR count). The van der Waals surface area contributed by atoms with E-state index < -0.39 is 11.3 Å². The van der Waals surface area contributed by atoms with Crippen molar-refractivity contribution in [3.05, 3.63) is 35.9 Å². The zero-order valence-electron chi connectivity index (χ0n) is 15.1. The molecule has 26 heavy (non-hydrogen) atoms. The number of amides is 3. The number of likely N-dealkylation sites (tertiary alicyclic amines) is 2. The van der Waals surface area contributed by atoms with E-state index in [1.807, 2.05) is 42.3 Å². The van der Waals surface area contributed by atoms with Crippen LogP contribution in [0.15, 0.2) is 30.3 Å². The maximum atomic E-state index is 12.8. The predicted molar refractivity (Wildman–Crippen MR) is 96.0 cm³/mol. The summed E-state index contributed by atoms with van der Waals surface area (Å²) < 4.78 is 0. The van der Waals surface area contributed by atoms with Gasteiger partial charge in [0.05, 0.1) is 5.92 Å². The number of hydrogen-bond acceptors (Lipinski definition) is 3. The number of hydrogen-bond donors (Lipinski definition) is 1. The van der Waals surface area contributed by atoms with E-state index in [-0.39, 0.29) is 23.3 Å². The SMILES string of the molecule is CN1C(=O)[C@@H](c2ccccc2)CC12CCN(C(=O)C1(C(N)=O)CC1)CC2. The van der Waals surface area contributed by atoms with Crippen LogP contribution in [-0.2, 0) is 14.4 Å². The standard InChI is InChI=1S/C20H25N3O3/c1-22-16(24)15(14-5-3-2-4-6-14)13-19(22)9-11-23(12-10-19)18(26)20(7-8-20)17(21)25/h2-6,15H,7-13H2,1H3,(H2,21,25)/t15-/m1/s1. The van der Waals surface area contributed by atoms with Crippen molar-refractivity contribution < 1.29 is 14.4 Å². The molecule has 1 aliphatic carbocycles. The van der Waals surface area contributed by atoms with Crippen molar-refractivity contribution in [3.8, 4) is 0 Å². The number of likely N-dealkylation sites (N-methyl/N-ethyl adjacent to an activating group) is 1. The lowest BCUT2D eigenvalue weighted by molar-refractivity contribution is -0.145. The van der Waals surface area contributed by atoms with Gasteiger partial charge in [-0.05, 0) is 37.7 Å². The fourth-order valence-corrected chi connectivity index (χ4v) is 4.68. The fraction of sp³-hybridized carbons (Fsp3) is 0.550. The molecular formula is C20H25N3O3. The highest BCUT2D eigenvalue weighted by Gasteiger charge is 2.58. The Morgan fingerprint density at radius 3 is 2.23 bits per heavy atom. The van der Waals surface area contributed by atoms with E-state index in [1.54, 1.807) is 4.90 Å². The van der Waals surface area contributed by atoms with E-state index in [9.17, 15) is 14.4 Å². The number of primary amides is 1. The smallest absolute Gasteiger partial charge is 0.238 e. The molecule has 3 amide bonds. The molecule has 1 atom stereocenters. The summed E-state index contributed by atoms with van der Waals surface area (Å²) >= 11 is 0. The van der Waals surface area contributed by atoms with Crippen LogP contribution in [-0.4, -0.2) is 53.2 Å². The van der Waals surface area contributed by atoms with Gasteiger partial charge in [0, 0.05) is 25.7 Å². The number of rotatable bonds is 3. The Hall–Kier alpha value is -2.37. The van der Waals surface area contributed by atoms with Crippen LogP contribution < -0.4 is 5.73 Å². The number of benzene rings is 1. The molecule has 0 bridgehead atoms. The summed E-state index contributed by atoms with van der Waals surface area (Å²) in [6, 6.07) is 9.91. The first-order chi connectivity index (χ1) is 12.4. The second kappa shape index (κ2) is 5.83. The quantitative estimate of drug-likeness (QED) is 0.829. The van der Waals surface area contributed by atoms with Crippen LogP contribution in [0.5, 0.6) is 0 Å². The van der Waals surface area contributed by atoms with Crippen molar-refractivity contribution in [1.29, 1.82) is 0 Å². The third-order valence-corrected chi connectivity index (χ3v) is 6.74. The maximum Gasteiger partial charge on any atom is 0.238 e. The Morgan fingerprint density at radius 1 is 1.08 bits per heavy atom. The normalized spacial score (nSPS) is 26.2. The van der Waals surface area contributed by atoms with E-state index in [4.69, 9.17) is 5.73 Å². The summed E-state index contributed by atoms with van der Waals surface area (Å²) in [6.45, 7) is 1.15. The van der Waals surface area contributed by atoms with Gasteiger partial charge in [0.25, 0.3) is 0 Å². The van der Waals surface area contributed by atoms with Crippen LogP contribution >= 0.6 is 0 Å². The Morgan fingerprint density at radius 2 is 1.69 bits per heavy atom. The molecule has 0 radical (unpaired) electrons. The number of nitrogens with two attached hydrogens (primary N) is 1.